The van der Waals surface area contributed by atoms with Crippen LogP contribution in [-0.4, -0.2) is 31.2 Å². The fourth-order valence-corrected chi connectivity index (χ4v) is 3.44. The number of carbonyl (C=O) groups excluding carboxylic acids is 2. The number of anilines is 3. The number of carbonyl (C=O) groups is 2. The summed E-state index contributed by atoms with van der Waals surface area (Å²) < 4.78 is 16.5. The number of benzene rings is 3. The number of amides is 1. The highest BCUT2D eigenvalue weighted by Gasteiger charge is 2.22. The zero-order chi connectivity index (χ0) is 23.4. The number of para-hydroxylation sites is 1. The van der Waals surface area contributed by atoms with Gasteiger partial charge in [0.25, 0.3) is 5.91 Å². The van der Waals surface area contributed by atoms with E-state index in [0.717, 1.165) is 16.8 Å². The quantitative estimate of drug-likeness (QED) is 0.518. The highest BCUT2D eigenvalue weighted by atomic mass is 16.6. The number of fused-ring (bicyclic) bond motifs is 1. The Morgan fingerprint density at radius 3 is 2.45 bits per heavy atom. The van der Waals surface area contributed by atoms with Crippen LogP contribution in [0.25, 0.3) is 0 Å². The topological polar surface area (TPSA) is 85.9 Å². The highest BCUT2D eigenvalue weighted by Crippen LogP contribution is 2.32. The molecule has 0 unspecified atom stereocenters. The molecule has 0 fully saturated rings. The van der Waals surface area contributed by atoms with Gasteiger partial charge in [-0.05, 0) is 62.2 Å². The summed E-state index contributed by atoms with van der Waals surface area (Å²) in [6.45, 7) is 6.52. The Labute approximate surface area is 192 Å². The molecule has 0 saturated heterocycles. The first kappa shape index (κ1) is 22.2. The summed E-state index contributed by atoms with van der Waals surface area (Å²) in [5.74, 6) is 0.162. The normalized spacial score (nSPS) is 13.1. The van der Waals surface area contributed by atoms with Gasteiger partial charge in [-0.25, -0.2) is 4.79 Å². The van der Waals surface area contributed by atoms with Crippen molar-refractivity contribution in [3.63, 3.8) is 0 Å². The summed E-state index contributed by atoms with van der Waals surface area (Å²) >= 11 is 0. The lowest BCUT2D eigenvalue weighted by molar-refractivity contribution is -0.123. The Morgan fingerprint density at radius 1 is 0.909 bits per heavy atom. The minimum absolute atomic E-state index is 0.345. The SMILES string of the molecule is Cc1cccc(Nc2ccccc2C(=O)O[C@H](C)C(=O)Nc2ccc3c(c2)OCCO3)c1C. The smallest absolute Gasteiger partial charge is 0.341 e. The molecule has 2 N–H and O–H groups in total. The number of nitrogens with one attached hydrogen (secondary N) is 2. The van der Waals surface area contributed by atoms with Crippen LogP contribution in [-0.2, 0) is 9.53 Å². The molecule has 1 aliphatic rings. The maximum atomic E-state index is 12.9. The monoisotopic (exact) mass is 446 g/mol. The molecule has 0 spiro atoms. The van der Waals surface area contributed by atoms with Crippen molar-refractivity contribution in [2.75, 3.05) is 23.8 Å². The molecule has 33 heavy (non-hydrogen) atoms. The third-order valence-electron chi connectivity index (χ3n) is 5.48. The van der Waals surface area contributed by atoms with Gasteiger partial charge in [0, 0.05) is 17.4 Å². The van der Waals surface area contributed by atoms with Gasteiger partial charge in [0.05, 0.1) is 11.3 Å². The van der Waals surface area contributed by atoms with E-state index >= 15 is 0 Å². The maximum Gasteiger partial charge on any atom is 0.341 e. The molecule has 7 heteroatoms. The van der Waals surface area contributed by atoms with Crippen LogP contribution in [0.15, 0.2) is 60.7 Å². The van der Waals surface area contributed by atoms with E-state index in [9.17, 15) is 9.59 Å². The van der Waals surface area contributed by atoms with Gasteiger partial charge in [-0.15, -0.1) is 0 Å². The average Bonchev–Trinajstić information content (AvgIpc) is 2.82. The highest BCUT2D eigenvalue weighted by molar-refractivity contribution is 6.00. The third kappa shape index (κ3) is 5.09. The molecule has 3 aromatic rings. The van der Waals surface area contributed by atoms with Crippen molar-refractivity contribution < 1.29 is 23.8 Å². The Kier molecular flexibility index (Phi) is 6.49. The van der Waals surface area contributed by atoms with Gasteiger partial charge in [0.1, 0.15) is 13.2 Å². The first-order valence-electron chi connectivity index (χ1n) is 10.8. The predicted octanol–water partition coefficient (Wildman–Crippen LogP) is 5.00. The largest absolute Gasteiger partial charge is 0.486 e. The number of esters is 1. The van der Waals surface area contributed by atoms with E-state index in [1.54, 1.807) is 36.4 Å². The molecule has 0 bridgehead atoms. The summed E-state index contributed by atoms with van der Waals surface area (Å²) in [4.78, 5) is 25.5. The second kappa shape index (κ2) is 9.65. The van der Waals surface area contributed by atoms with Crippen LogP contribution < -0.4 is 20.1 Å². The summed E-state index contributed by atoms with van der Waals surface area (Å²) in [6.07, 6.45) is -1.00. The molecule has 0 saturated carbocycles. The van der Waals surface area contributed by atoms with E-state index in [4.69, 9.17) is 14.2 Å². The molecule has 3 aromatic carbocycles. The van der Waals surface area contributed by atoms with Crippen molar-refractivity contribution in [1.29, 1.82) is 0 Å². The minimum atomic E-state index is -1.00. The van der Waals surface area contributed by atoms with Crippen molar-refractivity contribution in [2.45, 2.75) is 26.9 Å². The summed E-state index contributed by atoms with van der Waals surface area (Å²) in [7, 11) is 0. The molecule has 0 radical (unpaired) electrons. The van der Waals surface area contributed by atoms with Gasteiger partial charge in [-0.2, -0.15) is 0 Å². The van der Waals surface area contributed by atoms with Crippen LogP contribution in [0.5, 0.6) is 11.5 Å². The van der Waals surface area contributed by atoms with Crippen molar-refractivity contribution in [3.05, 3.63) is 77.4 Å². The standard InChI is InChI=1S/C26H26N2O5/c1-16-7-6-10-21(17(16)2)28-22-9-5-4-8-20(22)26(30)33-18(3)25(29)27-19-11-12-23-24(15-19)32-14-13-31-23/h4-12,15,18,28H,13-14H2,1-3H3,(H,27,29)/t18-/m1/s1. The van der Waals surface area contributed by atoms with E-state index in [2.05, 4.69) is 10.6 Å². The average molecular weight is 447 g/mol. The zero-order valence-corrected chi connectivity index (χ0v) is 18.8. The van der Waals surface area contributed by atoms with Crippen molar-refractivity contribution in [3.8, 4) is 11.5 Å². The molecule has 0 aliphatic carbocycles. The maximum absolute atomic E-state index is 12.9. The van der Waals surface area contributed by atoms with E-state index in [1.165, 1.54) is 6.92 Å². The number of hydrogen-bond acceptors (Lipinski definition) is 6. The molecular weight excluding hydrogens is 420 g/mol. The predicted molar refractivity (Wildman–Crippen MR) is 127 cm³/mol. The summed E-state index contributed by atoms with van der Waals surface area (Å²) in [5.41, 5.74) is 4.62. The lowest BCUT2D eigenvalue weighted by atomic mass is 10.1. The number of rotatable bonds is 6. The van der Waals surface area contributed by atoms with Crippen LogP contribution in [0.2, 0.25) is 0 Å². The summed E-state index contributed by atoms with van der Waals surface area (Å²) in [6, 6.07) is 18.1. The van der Waals surface area contributed by atoms with Gasteiger partial charge in [0.2, 0.25) is 0 Å². The second-order valence-corrected chi connectivity index (χ2v) is 7.81. The fraction of sp³-hybridized carbons (Fsp3) is 0.231. The lowest BCUT2D eigenvalue weighted by Gasteiger charge is -2.20. The van der Waals surface area contributed by atoms with Crippen molar-refractivity contribution in [2.24, 2.45) is 0 Å². The van der Waals surface area contributed by atoms with Gasteiger partial charge in [-0.1, -0.05) is 24.3 Å². The van der Waals surface area contributed by atoms with Crippen molar-refractivity contribution >= 4 is 28.9 Å². The first-order chi connectivity index (χ1) is 15.9. The van der Waals surface area contributed by atoms with Crippen LogP contribution >= 0.6 is 0 Å². The Balaban J connectivity index is 1.43. The van der Waals surface area contributed by atoms with Crippen LogP contribution in [0, 0.1) is 13.8 Å². The molecule has 0 aromatic heterocycles. The van der Waals surface area contributed by atoms with Gasteiger partial charge in [0.15, 0.2) is 17.6 Å². The van der Waals surface area contributed by atoms with Gasteiger partial charge < -0.3 is 24.8 Å². The van der Waals surface area contributed by atoms with E-state index < -0.39 is 18.0 Å². The fourth-order valence-electron chi connectivity index (χ4n) is 3.44. The Morgan fingerprint density at radius 2 is 1.64 bits per heavy atom. The number of ether oxygens (including phenoxy) is 3. The molecule has 1 atom stereocenters. The van der Waals surface area contributed by atoms with E-state index in [1.807, 2.05) is 38.1 Å². The van der Waals surface area contributed by atoms with Gasteiger partial charge in [-0.3, -0.25) is 4.79 Å². The molecule has 7 nitrogen and oxygen atoms in total. The van der Waals surface area contributed by atoms with Crippen LogP contribution in [0.1, 0.15) is 28.4 Å². The van der Waals surface area contributed by atoms with E-state index in [0.29, 0.717) is 41.7 Å². The molecule has 4 rings (SSSR count). The van der Waals surface area contributed by atoms with E-state index in [-0.39, 0.29) is 0 Å². The molecule has 1 amide bonds. The molecule has 1 heterocycles. The van der Waals surface area contributed by atoms with Crippen LogP contribution in [0.4, 0.5) is 17.1 Å². The minimum Gasteiger partial charge on any atom is -0.486 e. The Bertz CT molecular complexity index is 1190. The number of aryl methyl sites for hydroxylation is 1. The van der Waals surface area contributed by atoms with Crippen LogP contribution in [0.3, 0.4) is 0 Å². The molecule has 170 valence electrons. The molecular formula is C26H26N2O5. The zero-order valence-electron chi connectivity index (χ0n) is 18.8. The second-order valence-electron chi connectivity index (χ2n) is 7.81. The first-order valence-corrected chi connectivity index (χ1v) is 10.8. The Hall–Kier alpha value is -4.00. The summed E-state index contributed by atoms with van der Waals surface area (Å²) in [5, 5.41) is 6.06. The lowest BCUT2D eigenvalue weighted by Crippen LogP contribution is -2.30. The van der Waals surface area contributed by atoms with Gasteiger partial charge >= 0.3 is 5.97 Å². The molecule has 1 aliphatic heterocycles. The van der Waals surface area contributed by atoms with Crippen molar-refractivity contribution in [1.82, 2.24) is 0 Å². The number of hydrogen-bond donors (Lipinski definition) is 2. The third-order valence-corrected chi connectivity index (χ3v) is 5.48.